The molecule has 2 aliphatic heterocycles. The molecule has 3 heteroatoms. The first-order valence-corrected chi connectivity index (χ1v) is 12.3. The Kier molecular flexibility index (Phi) is 6.66. The molecule has 0 aromatic carbocycles. The van der Waals surface area contributed by atoms with Crippen molar-refractivity contribution in [3.05, 3.63) is 0 Å². The molecule has 3 fully saturated rings. The van der Waals surface area contributed by atoms with Crippen molar-refractivity contribution >= 4 is 5.96 Å². The standard InChI is InChI=1S/C24H43N3/c1-19(2)16-22-18-27-23(21-13-7-4-8-14-21)17-25-24(27)26(22)15-9-12-20-10-5-3-6-11-20/h19-23H,3-18H2,1-2H3/t22-,23-/m1/s1. The molecule has 3 nitrogen and oxygen atoms in total. The molecule has 0 spiro atoms. The molecule has 0 aromatic rings. The Labute approximate surface area is 168 Å². The minimum atomic E-state index is 0.710. The summed E-state index contributed by atoms with van der Waals surface area (Å²) >= 11 is 0. The number of rotatable bonds is 7. The summed E-state index contributed by atoms with van der Waals surface area (Å²) in [5.41, 5.74) is 0. The fraction of sp³-hybridized carbons (Fsp3) is 0.958. The van der Waals surface area contributed by atoms with Crippen LogP contribution >= 0.6 is 0 Å². The molecule has 2 heterocycles. The van der Waals surface area contributed by atoms with Gasteiger partial charge in [0.15, 0.2) is 5.96 Å². The largest absolute Gasteiger partial charge is 0.338 e. The van der Waals surface area contributed by atoms with E-state index in [0.717, 1.165) is 30.3 Å². The van der Waals surface area contributed by atoms with E-state index in [2.05, 4.69) is 23.6 Å². The van der Waals surface area contributed by atoms with E-state index in [1.165, 1.54) is 103 Å². The van der Waals surface area contributed by atoms with Crippen molar-refractivity contribution in [3.8, 4) is 0 Å². The molecule has 154 valence electrons. The van der Waals surface area contributed by atoms with E-state index in [1.54, 1.807) is 0 Å². The molecule has 1 saturated heterocycles. The van der Waals surface area contributed by atoms with Crippen molar-refractivity contribution in [1.82, 2.24) is 9.80 Å². The van der Waals surface area contributed by atoms with Gasteiger partial charge in [-0.3, -0.25) is 4.99 Å². The highest BCUT2D eigenvalue weighted by Crippen LogP contribution is 2.36. The van der Waals surface area contributed by atoms with E-state index in [0.29, 0.717) is 6.04 Å². The van der Waals surface area contributed by atoms with Gasteiger partial charge in [-0.1, -0.05) is 65.2 Å². The monoisotopic (exact) mass is 373 g/mol. The third-order valence-electron chi connectivity index (χ3n) is 7.86. The lowest BCUT2D eigenvalue weighted by atomic mass is 9.83. The Morgan fingerprint density at radius 2 is 1.67 bits per heavy atom. The second-order valence-corrected chi connectivity index (χ2v) is 10.4. The lowest BCUT2D eigenvalue weighted by Crippen LogP contribution is -2.41. The van der Waals surface area contributed by atoms with Crippen LogP contribution in [0, 0.1) is 17.8 Å². The first-order valence-electron chi connectivity index (χ1n) is 12.3. The molecule has 27 heavy (non-hydrogen) atoms. The molecular weight excluding hydrogens is 330 g/mol. The van der Waals surface area contributed by atoms with Gasteiger partial charge in [0.2, 0.25) is 0 Å². The molecule has 4 rings (SSSR count). The fourth-order valence-corrected chi connectivity index (χ4v) is 6.45. The van der Waals surface area contributed by atoms with Crippen molar-refractivity contribution in [1.29, 1.82) is 0 Å². The number of aliphatic imine (C=N–C) groups is 1. The van der Waals surface area contributed by atoms with Gasteiger partial charge in [0, 0.05) is 19.1 Å². The molecule has 2 saturated carbocycles. The number of nitrogens with zero attached hydrogens (tertiary/aromatic N) is 3. The van der Waals surface area contributed by atoms with Crippen molar-refractivity contribution in [3.63, 3.8) is 0 Å². The second-order valence-electron chi connectivity index (χ2n) is 10.4. The smallest absolute Gasteiger partial charge is 0.197 e. The summed E-state index contributed by atoms with van der Waals surface area (Å²) in [6.07, 6.45) is 18.8. The van der Waals surface area contributed by atoms with Gasteiger partial charge in [0.05, 0.1) is 12.6 Å². The molecule has 0 bridgehead atoms. The summed E-state index contributed by atoms with van der Waals surface area (Å²) in [6, 6.07) is 1.43. The van der Waals surface area contributed by atoms with Crippen LogP contribution < -0.4 is 0 Å². The zero-order valence-corrected chi connectivity index (χ0v) is 18.0. The van der Waals surface area contributed by atoms with Crippen LogP contribution in [0.2, 0.25) is 0 Å². The molecule has 0 unspecified atom stereocenters. The van der Waals surface area contributed by atoms with Crippen molar-refractivity contribution in [2.24, 2.45) is 22.7 Å². The first kappa shape index (κ1) is 19.6. The Hall–Kier alpha value is -0.730. The molecule has 0 amide bonds. The molecule has 0 radical (unpaired) electrons. The quantitative estimate of drug-likeness (QED) is 0.570. The van der Waals surface area contributed by atoms with E-state index >= 15 is 0 Å². The summed E-state index contributed by atoms with van der Waals surface area (Å²) in [6.45, 7) is 8.36. The fourth-order valence-electron chi connectivity index (χ4n) is 6.45. The highest BCUT2D eigenvalue weighted by atomic mass is 15.5. The summed E-state index contributed by atoms with van der Waals surface area (Å²) in [4.78, 5) is 10.6. The van der Waals surface area contributed by atoms with E-state index in [4.69, 9.17) is 4.99 Å². The summed E-state index contributed by atoms with van der Waals surface area (Å²) in [7, 11) is 0. The lowest BCUT2D eigenvalue weighted by Gasteiger charge is -2.33. The predicted octanol–water partition coefficient (Wildman–Crippen LogP) is 5.70. The Morgan fingerprint density at radius 3 is 2.37 bits per heavy atom. The number of fused-ring (bicyclic) bond motifs is 1. The number of hydrogen-bond acceptors (Lipinski definition) is 3. The van der Waals surface area contributed by atoms with E-state index < -0.39 is 0 Å². The first-order chi connectivity index (χ1) is 13.2. The Bertz CT molecular complexity index is 488. The Morgan fingerprint density at radius 1 is 0.963 bits per heavy atom. The third-order valence-corrected chi connectivity index (χ3v) is 7.86. The molecule has 2 atom stereocenters. The van der Waals surface area contributed by atoms with Gasteiger partial charge in [-0.2, -0.15) is 0 Å². The summed E-state index contributed by atoms with van der Waals surface area (Å²) in [5.74, 6) is 4.09. The lowest BCUT2D eigenvalue weighted by molar-refractivity contribution is 0.202. The van der Waals surface area contributed by atoms with Crippen LogP contribution in [0.15, 0.2) is 4.99 Å². The average molecular weight is 374 g/mol. The minimum Gasteiger partial charge on any atom is -0.338 e. The molecule has 0 N–H and O–H groups in total. The summed E-state index contributed by atoms with van der Waals surface area (Å²) < 4.78 is 0. The minimum absolute atomic E-state index is 0.710. The van der Waals surface area contributed by atoms with Gasteiger partial charge < -0.3 is 9.80 Å². The van der Waals surface area contributed by atoms with Gasteiger partial charge in [-0.25, -0.2) is 0 Å². The maximum Gasteiger partial charge on any atom is 0.197 e. The van der Waals surface area contributed by atoms with Crippen LogP contribution in [0.25, 0.3) is 0 Å². The SMILES string of the molecule is CC(C)C[C@@H]1CN2C(=NC[C@@H]2C2CCCCC2)N1CCCC1CCCCC1. The van der Waals surface area contributed by atoms with Crippen molar-refractivity contribution < 1.29 is 0 Å². The third kappa shape index (κ3) is 4.65. The molecule has 0 aromatic heterocycles. The van der Waals surface area contributed by atoms with Crippen molar-refractivity contribution in [2.75, 3.05) is 19.6 Å². The average Bonchev–Trinajstić information content (AvgIpc) is 3.23. The van der Waals surface area contributed by atoms with Gasteiger partial charge in [-0.15, -0.1) is 0 Å². The van der Waals surface area contributed by atoms with E-state index in [-0.39, 0.29) is 0 Å². The number of guanidine groups is 1. The van der Waals surface area contributed by atoms with Gasteiger partial charge in [0.1, 0.15) is 0 Å². The van der Waals surface area contributed by atoms with Gasteiger partial charge >= 0.3 is 0 Å². The predicted molar refractivity (Wildman–Crippen MR) is 115 cm³/mol. The van der Waals surface area contributed by atoms with Crippen LogP contribution in [-0.4, -0.2) is 47.5 Å². The van der Waals surface area contributed by atoms with Crippen molar-refractivity contribution in [2.45, 2.75) is 109 Å². The van der Waals surface area contributed by atoms with Crippen LogP contribution in [0.4, 0.5) is 0 Å². The normalized spacial score (nSPS) is 30.3. The van der Waals surface area contributed by atoms with Crippen LogP contribution in [0.5, 0.6) is 0 Å². The molecule has 2 aliphatic carbocycles. The highest BCUT2D eigenvalue weighted by Gasteiger charge is 2.44. The van der Waals surface area contributed by atoms with Crippen LogP contribution in [0.3, 0.4) is 0 Å². The maximum absolute atomic E-state index is 5.13. The van der Waals surface area contributed by atoms with Gasteiger partial charge in [0.25, 0.3) is 0 Å². The van der Waals surface area contributed by atoms with E-state index in [1.807, 2.05) is 0 Å². The second kappa shape index (κ2) is 9.18. The van der Waals surface area contributed by atoms with E-state index in [9.17, 15) is 0 Å². The topological polar surface area (TPSA) is 18.8 Å². The molecule has 4 aliphatic rings. The number of hydrogen-bond donors (Lipinski definition) is 0. The summed E-state index contributed by atoms with van der Waals surface area (Å²) in [5, 5.41) is 0. The van der Waals surface area contributed by atoms with Crippen LogP contribution in [0.1, 0.15) is 97.3 Å². The zero-order chi connectivity index (χ0) is 18.6. The maximum atomic E-state index is 5.13. The molecular formula is C24H43N3. The Balaban J connectivity index is 1.36. The van der Waals surface area contributed by atoms with Gasteiger partial charge in [-0.05, 0) is 49.9 Å². The van der Waals surface area contributed by atoms with Crippen LogP contribution in [-0.2, 0) is 0 Å². The zero-order valence-electron chi connectivity index (χ0n) is 18.0. The highest BCUT2D eigenvalue weighted by molar-refractivity contribution is 5.84.